The zero-order chi connectivity index (χ0) is 20.4. The molecule has 1 aromatic carbocycles. The van der Waals surface area contributed by atoms with Gasteiger partial charge in [-0.05, 0) is 25.2 Å². The van der Waals surface area contributed by atoms with Crippen molar-refractivity contribution in [2.24, 2.45) is 5.92 Å². The molecular weight excluding hydrogens is 378 g/mol. The summed E-state index contributed by atoms with van der Waals surface area (Å²) in [6, 6.07) is 0. The quantitative estimate of drug-likeness (QED) is 0.104. The predicted octanol–water partition coefficient (Wildman–Crippen LogP) is 7.41. The molecule has 0 bridgehead atoms. The van der Waals surface area contributed by atoms with Crippen molar-refractivity contribution in [3.63, 3.8) is 0 Å². The summed E-state index contributed by atoms with van der Waals surface area (Å²) in [4.78, 5) is 0. The van der Waals surface area contributed by atoms with Crippen LogP contribution in [0.1, 0.15) is 78.6 Å². The third-order valence-corrected chi connectivity index (χ3v) is 8.31. The maximum absolute atomic E-state index is 14.3. The predicted molar refractivity (Wildman–Crippen MR) is 106 cm³/mol. The fraction of sp³-hybridized carbons (Fsp3) is 0.714. The third kappa shape index (κ3) is 7.33. The maximum Gasteiger partial charge on any atom is 0.206 e. The first-order valence-corrected chi connectivity index (χ1v) is 12.1. The Balaban J connectivity index is 2.89. The van der Waals surface area contributed by atoms with Crippen LogP contribution in [0.3, 0.4) is 0 Å². The van der Waals surface area contributed by atoms with Crippen LogP contribution in [0.15, 0.2) is 0 Å². The first-order chi connectivity index (χ1) is 12.8. The Morgan fingerprint density at radius 2 is 1.15 bits per heavy atom. The Morgan fingerprint density at radius 3 is 1.67 bits per heavy atom. The highest BCUT2D eigenvalue weighted by Gasteiger charge is 2.35. The van der Waals surface area contributed by atoms with Gasteiger partial charge in [-0.2, -0.15) is 8.78 Å². The molecule has 27 heavy (non-hydrogen) atoms. The van der Waals surface area contributed by atoms with Gasteiger partial charge >= 0.3 is 0 Å². The highest BCUT2D eigenvalue weighted by molar-refractivity contribution is 7.65. The van der Waals surface area contributed by atoms with Crippen LogP contribution < -0.4 is 5.30 Å². The van der Waals surface area contributed by atoms with Gasteiger partial charge in [-0.15, -0.1) is 0 Å². The van der Waals surface area contributed by atoms with Crippen molar-refractivity contribution in [2.75, 3.05) is 12.3 Å². The second kappa shape index (κ2) is 12.7. The van der Waals surface area contributed by atoms with Crippen LogP contribution in [0, 0.1) is 35.0 Å². The highest BCUT2D eigenvalue weighted by atomic mass is 31.1. The lowest BCUT2D eigenvalue weighted by Crippen LogP contribution is -2.23. The zero-order valence-electron chi connectivity index (χ0n) is 16.7. The molecule has 0 saturated heterocycles. The van der Waals surface area contributed by atoms with Gasteiger partial charge in [0.15, 0.2) is 5.30 Å². The lowest BCUT2D eigenvalue weighted by Gasteiger charge is -2.17. The Hall–Kier alpha value is -0.700. The first-order valence-electron chi connectivity index (χ1n) is 10.2. The molecule has 0 aliphatic rings. The molecular formula is C21H33F5P+. The fourth-order valence-corrected chi connectivity index (χ4v) is 6.78. The van der Waals surface area contributed by atoms with Gasteiger partial charge in [-0.3, -0.25) is 0 Å². The van der Waals surface area contributed by atoms with E-state index in [0.29, 0.717) is 12.3 Å². The number of rotatable bonds is 13. The van der Waals surface area contributed by atoms with Gasteiger partial charge in [-0.25, -0.2) is 13.2 Å². The van der Waals surface area contributed by atoms with Crippen molar-refractivity contribution in [2.45, 2.75) is 78.6 Å². The number of benzene rings is 1. The molecule has 1 aromatic rings. The summed E-state index contributed by atoms with van der Waals surface area (Å²) in [5, 5.41) is -0.523. The fourth-order valence-electron chi connectivity index (χ4n) is 3.56. The monoisotopic (exact) mass is 411 g/mol. The van der Waals surface area contributed by atoms with Gasteiger partial charge in [0.1, 0.15) is 0 Å². The minimum atomic E-state index is -2.06. The molecule has 0 radical (unpaired) electrons. The first kappa shape index (κ1) is 24.3. The largest absolute Gasteiger partial charge is 0.206 e. The molecule has 0 aliphatic heterocycles. The molecule has 1 rings (SSSR count). The normalized spacial score (nSPS) is 13.8. The molecule has 2 atom stereocenters. The van der Waals surface area contributed by atoms with Gasteiger partial charge in [0.05, 0.1) is 12.3 Å². The van der Waals surface area contributed by atoms with Crippen LogP contribution in [-0.2, 0) is 0 Å². The Labute approximate surface area is 161 Å². The smallest absolute Gasteiger partial charge is 0.200 e. The van der Waals surface area contributed by atoms with Crippen LogP contribution in [0.25, 0.3) is 0 Å². The average molecular weight is 411 g/mol. The second-order valence-corrected chi connectivity index (χ2v) is 10.1. The Kier molecular flexibility index (Phi) is 11.4. The van der Waals surface area contributed by atoms with E-state index >= 15 is 0 Å². The van der Waals surface area contributed by atoms with E-state index in [-0.39, 0.29) is 5.92 Å². The van der Waals surface area contributed by atoms with E-state index in [1.807, 2.05) is 13.8 Å². The summed E-state index contributed by atoms with van der Waals surface area (Å²) < 4.78 is 69.3. The SMILES string of the molecule is CCCCCCCCC[PH+](CC(C)CCC)c1c(F)c(F)c(F)c(F)c1F. The van der Waals surface area contributed by atoms with Crippen molar-refractivity contribution in [3.8, 4) is 0 Å². The van der Waals surface area contributed by atoms with Gasteiger partial charge < -0.3 is 0 Å². The van der Waals surface area contributed by atoms with Gasteiger partial charge in [-0.1, -0.05) is 59.3 Å². The van der Waals surface area contributed by atoms with Crippen LogP contribution in [0.2, 0.25) is 0 Å². The van der Waals surface area contributed by atoms with Gasteiger partial charge in [0, 0.05) is 7.92 Å². The van der Waals surface area contributed by atoms with Crippen molar-refractivity contribution < 1.29 is 22.0 Å². The van der Waals surface area contributed by atoms with Crippen LogP contribution >= 0.6 is 7.92 Å². The third-order valence-electron chi connectivity index (χ3n) is 5.02. The lowest BCUT2D eigenvalue weighted by atomic mass is 10.1. The summed E-state index contributed by atoms with van der Waals surface area (Å²) in [5.41, 5.74) is 0. The summed E-state index contributed by atoms with van der Waals surface area (Å²) in [7, 11) is -1.86. The molecule has 156 valence electrons. The van der Waals surface area contributed by atoms with Crippen molar-refractivity contribution >= 4 is 13.2 Å². The summed E-state index contributed by atoms with van der Waals surface area (Å²) in [6.45, 7) is 6.17. The highest BCUT2D eigenvalue weighted by Crippen LogP contribution is 2.42. The Morgan fingerprint density at radius 1 is 0.667 bits per heavy atom. The van der Waals surface area contributed by atoms with Gasteiger partial charge in [0.2, 0.25) is 29.1 Å². The van der Waals surface area contributed by atoms with Crippen LogP contribution in [-0.4, -0.2) is 12.3 Å². The Bertz CT molecular complexity index is 547. The zero-order valence-corrected chi connectivity index (χ0v) is 17.7. The summed E-state index contributed by atoms with van der Waals surface area (Å²) in [5.74, 6) is -8.71. The molecule has 0 fully saturated rings. The molecule has 0 amide bonds. The molecule has 0 saturated carbocycles. The van der Waals surface area contributed by atoms with E-state index in [1.54, 1.807) is 0 Å². The molecule has 0 aliphatic carbocycles. The van der Waals surface area contributed by atoms with E-state index in [4.69, 9.17) is 0 Å². The lowest BCUT2D eigenvalue weighted by molar-refractivity contribution is 0.384. The number of hydrogen-bond donors (Lipinski definition) is 0. The summed E-state index contributed by atoms with van der Waals surface area (Å²) in [6.07, 6.45) is 10.4. The number of hydrogen-bond acceptors (Lipinski definition) is 0. The molecule has 0 nitrogen and oxygen atoms in total. The second-order valence-electron chi connectivity index (χ2n) is 7.52. The van der Waals surface area contributed by atoms with Crippen LogP contribution in [0.5, 0.6) is 0 Å². The minimum absolute atomic E-state index is 0.211. The van der Waals surface area contributed by atoms with E-state index < -0.39 is 42.3 Å². The maximum atomic E-state index is 14.3. The molecule has 0 N–H and O–H groups in total. The molecule has 0 aromatic heterocycles. The van der Waals surface area contributed by atoms with E-state index in [2.05, 4.69) is 6.92 Å². The van der Waals surface area contributed by atoms with Crippen molar-refractivity contribution in [3.05, 3.63) is 29.1 Å². The van der Waals surface area contributed by atoms with E-state index in [9.17, 15) is 22.0 Å². The standard InChI is InChI=1S/C21H32F5P/c1-4-6-7-8-9-10-11-13-27(14-15(3)12-5-2)21-19(25)17(23)16(22)18(24)20(21)26/h15H,4-14H2,1-3H3/p+1. The van der Waals surface area contributed by atoms with Crippen molar-refractivity contribution in [1.29, 1.82) is 0 Å². The van der Waals surface area contributed by atoms with E-state index in [0.717, 1.165) is 38.5 Å². The van der Waals surface area contributed by atoms with Crippen molar-refractivity contribution in [1.82, 2.24) is 0 Å². The molecule has 2 unspecified atom stereocenters. The molecule has 0 spiro atoms. The molecule has 0 heterocycles. The van der Waals surface area contributed by atoms with Gasteiger partial charge in [0.25, 0.3) is 0 Å². The average Bonchev–Trinajstić information content (AvgIpc) is 2.64. The molecule has 6 heteroatoms. The number of halogens is 5. The minimum Gasteiger partial charge on any atom is -0.200 e. The topological polar surface area (TPSA) is 0 Å². The summed E-state index contributed by atoms with van der Waals surface area (Å²) >= 11 is 0. The van der Waals surface area contributed by atoms with Crippen LogP contribution in [0.4, 0.5) is 22.0 Å². The number of unbranched alkanes of at least 4 members (excludes halogenated alkanes) is 6. The van der Waals surface area contributed by atoms with E-state index in [1.165, 1.54) is 19.3 Å².